The molecular formula is C35H34F3N5O4. The number of aromatic nitrogens is 3. The van der Waals surface area contributed by atoms with E-state index < -0.39 is 23.3 Å². The first kappa shape index (κ1) is 30.0. The summed E-state index contributed by atoms with van der Waals surface area (Å²) in [5.74, 6) is 1.97. The molecule has 0 bridgehead atoms. The van der Waals surface area contributed by atoms with Gasteiger partial charge in [-0.25, -0.2) is 18.2 Å². The van der Waals surface area contributed by atoms with Gasteiger partial charge in [0, 0.05) is 38.1 Å². The standard InChI is InChI=1S/C35H34F3N5O4/c1-4-23-25(37)8-7-20-13-22(47-19-44-3)14-24(26(20)23)29-28(38)30-27-31(42(2)34(9-5-10-34)17-45-32(27)39-29)41-33(40-30)46-18-35-11-6-12-43(35)16-21(36)15-35/h1,7-8,13-14,21H,5-6,9-12,15-19H2,2-3H3/t21-,35+/m1/s1. The lowest BCUT2D eigenvalue weighted by Crippen LogP contribution is -2.56. The second-order valence-electron chi connectivity index (χ2n) is 13.1. The van der Waals surface area contributed by atoms with Crippen molar-refractivity contribution in [2.24, 2.45) is 0 Å². The van der Waals surface area contributed by atoms with E-state index in [1.807, 2.05) is 11.9 Å². The van der Waals surface area contributed by atoms with Crippen LogP contribution in [0.15, 0.2) is 24.3 Å². The number of pyridine rings is 1. The van der Waals surface area contributed by atoms with Crippen LogP contribution in [-0.4, -0.2) is 84.4 Å². The number of ether oxygens (including phenoxy) is 4. The Hall–Kier alpha value is -4.34. The van der Waals surface area contributed by atoms with Gasteiger partial charge in [0.15, 0.2) is 12.6 Å². The lowest BCUT2D eigenvalue weighted by atomic mass is 9.76. The third kappa shape index (κ3) is 4.65. The van der Waals surface area contributed by atoms with E-state index in [-0.39, 0.29) is 53.2 Å². The fourth-order valence-electron chi connectivity index (χ4n) is 7.88. The molecule has 1 spiro atoms. The fourth-order valence-corrected chi connectivity index (χ4v) is 7.88. The summed E-state index contributed by atoms with van der Waals surface area (Å²) in [5.41, 5.74) is -0.822. The van der Waals surface area contributed by atoms with Crippen LogP contribution >= 0.6 is 0 Å². The van der Waals surface area contributed by atoms with Crippen molar-refractivity contribution in [1.29, 1.82) is 0 Å². The molecule has 4 aliphatic rings. The molecule has 0 amide bonds. The summed E-state index contributed by atoms with van der Waals surface area (Å²) in [7, 11) is 3.40. The first-order valence-corrected chi connectivity index (χ1v) is 15.9. The van der Waals surface area contributed by atoms with E-state index in [2.05, 4.69) is 15.8 Å². The first-order chi connectivity index (χ1) is 22.8. The van der Waals surface area contributed by atoms with Gasteiger partial charge in [0.25, 0.3) is 0 Å². The Kier molecular flexibility index (Phi) is 7.11. The summed E-state index contributed by atoms with van der Waals surface area (Å²) >= 11 is 0. The van der Waals surface area contributed by atoms with E-state index in [9.17, 15) is 4.39 Å². The zero-order chi connectivity index (χ0) is 32.5. The maximum absolute atomic E-state index is 17.1. The average molecular weight is 646 g/mol. The van der Waals surface area contributed by atoms with Gasteiger partial charge in [0.2, 0.25) is 5.88 Å². The number of fused-ring (bicyclic) bond motifs is 2. The number of halogens is 3. The van der Waals surface area contributed by atoms with Crippen LogP contribution < -0.4 is 19.1 Å². The van der Waals surface area contributed by atoms with Crippen molar-refractivity contribution in [3.05, 3.63) is 41.5 Å². The van der Waals surface area contributed by atoms with Crippen LogP contribution in [0.25, 0.3) is 32.9 Å². The topological polar surface area (TPSA) is 82.1 Å². The number of methoxy groups -OCH3 is 1. The number of alkyl halides is 1. The number of terminal acetylenes is 1. The highest BCUT2D eigenvalue weighted by molar-refractivity contribution is 6.04. The van der Waals surface area contributed by atoms with Crippen LogP contribution in [0.5, 0.6) is 17.6 Å². The molecule has 3 aliphatic heterocycles. The predicted molar refractivity (Wildman–Crippen MR) is 170 cm³/mol. The van der Waals surface area contributed by atoms with Crippen molar-refractivity contribution >= 4 is 27.5 Å². The van der Waals surface area contributed by atoms with Gasteiger partial charge in [-0.2, -0.15) is 9.97 Å². The molecule has 244 valence electrons. The molecule has 2 saturated heterocycles. The van der Waals surface area contributed by atoms with Gasteiger partial charge < -0.3 is 23.8 Å². The molecule has 0 N–H and O–H groups in total. The molecular weight excluding hydrogens is 611 g/mol. The van der Waals surface area contributed by atoms with Gasteiger partial charge >= 0.3 is 6.01 Å². The normalized spacial score (nSPS) is 23.0. The molecule has 2 atom stereocenters. The number of likely N-dealkylation sites (N-methyl/N-ethyl adjacent to an activating group) is 1. The van der Waals surface area contributed by atoms with Crippen LogP contribution in [0.4, 0.5) is 19.0 Å². The van der Waals surface area contributed by atoms with Gasteiger partial charge in [0.05, 0.1) is 16.6 Å². The number of anilines is 1. The van der Waals surface area contributed by atoms with Crippen molar-refractivity contribution in [2.45, 2.75) is 55.8 Å². The Balaban J connectivity index is 1.33. The van der Waals surface area contributed by atoms with Crippen molar-refractivity contribution < 1.29 is 32.1 Å². The zero-order valence-electron chi connectivity index (χ0n) is 26.2. The van der Waals surface area contributed by atoms with Crippen LogP contribution in [0.2, 0.25) is 0 Å². The molecule has 5 heterocycles. The van der Waals surface area contributed by atoms with E-state index in [1.165, 1.54) is 13.2 Å². The van der Waals surface area contributed by atoms with E-state index in [4.69, 9.17) is 35.3 Å². The second kappa shape index (κ2) is 11.1. The molecule has 1 aliphatic carbocycles. The maximum Gasteiger partial charge on any atom is 0.319 e. The molecule has 1 saturated carbocycles. The van der Waals surface area contributed by atoms with Crippen molar-refractivity contribution in [1.82, 2.24) is 19.9 Å². The van der Waals surface area contributed by atoms with Gasteiger partial charge in [-0.1, -0.05) is 12.0 Å². The highest BCUT2D eigenvalue weighted by Gasteiger charge is 2.50. The minimum absolute atomic E-state index is 0.0151. The average Bonchev–Trinajstić information content (AvgIpc) is 3.54. The molecule has 8 rings (SSSR count). The summed E-state index contributed by atoms with van der Waals surface area (Å²) in [6, 6.07) is 6.04. The van der Waals surface area contributed by atoms with Gasteiger partial charge in [0.1, 0.15) is 53.4 Å². The lowest BCUT2D eigenvalue weighted by Gasteiger charge is -2.47. The van der Waals surface area contributed by atoms with Crippen molar-refractivity contribution in [3.63, 3.8) is 0 Å². The first-order valence-electron chi connectivity index (χ1n) is 15.9. The third-order valence-electron chi connectivity index (χ3n) is 10.5. The summed E-state index contributed by atoms with van der Waals surface area (Å²) in [4.78, 5) is 18.3. The smallest absolute Gasteiger partial charge is 0.319 e. The van der Waals surface area contributed by atoms with E-state index >= 15 is 8.78 Å². The summed E-state index contributed by atoms with van der Waals surface area (Å²) < 4.78 is 70.1. The highest BCUT2D eigenvalue weighted by Crippen LogP contribution is 2.48. The van der Waals surface area contributed by atoms with Crippen LogP contribution in [0.1, 0.15) is 44.1 Å². The van der Waals surface area contributed by atoms with Crippen molar-refractivity contribution in [3.8, 4) is 41.2 Å². The second-order valence-corrected chi connectivity index (χ2v) is 13.1. The Labute approximate surface area is 270 Å². The summed E-state index contributed by atoms with van der Waals surface area (Å²) in [5, 5.41) is 1.14. The Morgan fingerprint density at radius 2 is 1.94 bits per heavy atom. The monoisotopic (exact) mass is 645 g/mol. The van der Waals surface area contributed by atoms with Crippen LogP contribution in [0.3, 0.4) is 0 Å². The number of benzene rings is 2. The maximum atomic E-state index is 17.1. The zero-order valence-corrected chi connectivity index (χ0v) is 26.2. The molecule has 12 heteroatoms. The molecule has 9 nitrogen and oxygen atoms in total. The van der Waals surface area contributed by atoms with Crippen molar-refractivity contribution in [2.75, 3.05) is 52.2 Å². The molecule has 4 aromatic rings. The molecule has 0 unspecified atom stereocenters. The molecule has 0 radical (unpaired) electrons. The molecule has 3 fully saturated rings. The van der Waals surface area contributed by atoms with Crippen LogP contribution in [-0.2, 0) is 4.74 Å². The van der Waals surface area contributed by atoms with Crippen LogP contribution in [0, 0.1) is 24.0 Å². The minimum Gasteiger partial charge on any atom is -0.475 e. The number of hydrogen-bond donors (Lipinski definition) is 0. The predicted octanol–water partition coefficient (Wildman–Crippen LogP) is 5.79. The van der Waals surface area contributed by atoms with E-state index in [0.717, 1.165) is 38.6 Å². The number of hydrogen-bond acceptors (Lipinski definition) is 9. The molecule has 47 heavy (non-hydrogen) atoms. The number of nitrogens with zero attached hydrogens (tertiary/aromatic N) is 5. The summed E-state index contributed by atoms with van der Waals surface area (Å²) in [6.45, 7) is 1.62. The SMILES string of the molecule is C#Cc1c(F)ccc2cc(OCOC)cc(-c3nc4c5c(nc(OC[C@@]67CCCN6C[C@H](F)C7)nc5c3F)N(C)C3(CCC3)CO4)c12. The van der Waals surface area contributed by atoms with E-state index in [1.54, 1.807) is 18.2 Å². The molecule has 2 aromatic heterocycles. The number of rotatable bonds is 7. The quantitative estimate of drug-likeness (QED) is 0.183. The van der Waals surface area contributed by atoms with Gasteiger partial charge in [-0.3, -0.25) is 4.90 Å². The Morgan fingerprint density at radius 1 is 1.09 bits per heavy atom. The van der Waals surface area contributed by atoms with E-state index in [0.29, 0.717) is 47.3 Å². The lowest BCUT2D eigenvalue weighted by molar-refractivity contribution is 0.0512. The third-order valence-corrected chi connectivity index (χ3v) is 10.5. The largest absolute Gasteiger partial charge is 0.475 e. The van der Waals surface area contributed by atoms with Gasteiger partial charge in [-0.15, -0.1) is 6.42 Å². The van der Waals surface area contributed by atoms with Gasteiger partial charge in [-0.05, 0) is 62.2 Å². The summed E-state index contributed by atoms with van der Waals surface area (Å²) in [6.07, 6.45) is 9.73. The Morgan fingerprint density at radius 3 is 2.70 bits per heavy atom. The highest BCUT2D eigenvalue weighted by atomic mass is 19.1. The minimum atomic E-state index is -0.923. The fraction of sp³-hybridized carbons (Fsp3) is 0.457. The Bertz CT molecular complexity index is 1960. The molecule has 2 aromatic carbocycles.